The zero-order chi connectivity index (χ0) is 14.8. The second-order valence-electron chi connectivity index (χ2n) is 4.95. The van der Waals surface area contributed by atoms with Crippen LogP contribution in [-0.2, 0) is 4.74 Å². The number of halogens is 1. The van der Waals surface area contributed by atoms with Crippen molar-refractivity contribution in [1.82, 2.24) is 19.9 Å². The Morgan fingerprint density at radius 3 is 2.86 bits per heavy atom. The van der Waals surface area contributed by atoms with Crippen molar-refractivity contribution in [1.29, 1.82) is 0 Å². The quantitative estimate of drug-likeness (QED) is 0.835. The third kappa shape index (κ3) is 2.78. The number of carbonyl (C=O) groups excluding carboxylic acids is 1. The average molecular weight is 290 g/mol. The Kier molecular flexibility index (Phi) is 3.66. The normalized spacial score (nSPS) is 18.8. The summed E-state index contributed by atoms with van der Waals surface area (Å²) in [4.78, 5) is 14.1. The molecule has 1 aromatic heterocycles. The fourth-order valence-corrected chi connectivity index (χ4v) is 2.26. The van der Waals surface area contributed by atoms with Crippen LogP contribution in [0.4, 0.5) is 4.39 Å². The third-order valence-corrected chi connectivity index (χ3v) is 3.43. The van der Waals surface area contributed by atoms with Gasteiger partial charge in [-0.25, -0.2) is 9.07 Å². The molecule has 1 atom stereocenters. The third-order valence-electron chi connectivity index (χ3n) is 3.43. The molecule has 7 heteroatoms. The van der Waals surface area contributed by atoms with Gasteiger partial charge in [-0.3, -0.25) is 4.79 Å². The minimum Gasteiger partial charge on any atom is -0.377 e. The number of morpholine rings is 1. The van der Waals surface area contributed by atoms with Gasteiger partial charge in [0.15, 0.2) is 5.69 Å². The first-order chi connectivity index (χ1) is 10.1. The van der Waals surface area contributed by atoms with Gasteiger partial charge in [-0.1, -0.05) is 5.21 Å². The van der Waals surface area contributed by atoms with Crippen molar-refractivity contribution in [2.24, 2.45) is 0 Å². The fraction of sp³-hybridized carbons (Fsp3) is 0.357. The van der Waals surface area contributed by atoms with Crippen molar-refractivity contribution in [3.63, 3.8) is 0 Å². The van der Waals surface area contributed by atoms with Crippen LogP contribution in [0.25, 0.3) is 5.69 Å². The van der Waals surface area contributed by atoms with Crippen molar-refractivity contribution < 1.29 is 13.9 Å². The summed E-state index contributed by atoms with van der Waals surface area (Å²) in [5.41, 5.74) is 0.922. The lowest BCUT2D eigenvalue weighted by molar-refractivity contribution is 0.00326. The molecule has 0 radical (unpaired) electrons. The van der Waals surface area contributed by atoms with Crippen LogP contribution in [0.15, 0.2) is 30.5 Å². The summed E-state index contributed by atoms with van der Waals surface area (Å²) in [7, 11) is 0. The number of nitrogens with zero attached hydrogens (tertiary/aromatic N) is 4. The monoisotopic (exact) mass is 290 g/mol. The molecular formula is C14H15FN4O2. The highest BCUT2D eigenvalue weighted by molar-refractivity contribution is 5.92. The summed E-state index contributed by atoms with van der Waals surface area (Å²) in [5, 5.41) is 7.83. The maximum absolute atomic E-state index is 12.9. The van der Waals surface area contributed by atoms with E-state index >= 15 is 0 Å². The van der Waals surface area contributed by atoms with Crippen LogP contribution in [0, 0.1) is 5.82 Å². The van der Waals surface area contributed by atoms with Gasteiger partial charge in [0.05, 0.1) is 31.1 Å². The van der Waals surface area contributed by atoms with Gasteiger partial charge in [-0.2, -0.15) is 0 Å². The van der Waals surface area contributed by atoms with Crippen molar-refractivity contribution in [2.75, 3.05) is 19.8 Å². The molecule has 1 aliphatic rings. The molecule has 6 nitrogen and oxygen atoms in total. The van der Waals surface area contributed by atoms with Gasteiger partial charge in [-0.15, -0.1) is 5.10 Å². The van der Waals surface area contributed by atoms with E-state index in [1.807, 2.05) is 6.92 Å². The van der Waals surface area contributed by atoms with Gasteiger partial charge >= 0.3 is 0 Å². The number of hydrogen-bond donors (Lipinski definition) is 0. The van der Waals surface area contributed by atoms with E-state index in [0.717, 1.165) is 0 Å². The number of ether oxygens (including phenoxy) is 1. The van der Waals surface area contributed by atoms with E-state index in [2.05, 4.69) is 10.3 Å². The van der Waals surface area contributed by atoms with Crippen LogP contribution in [0.5, 0.6) is 0 Å². The van der Waals surface area contributed by atoms with Crippen molar-refractivity contribution in [3.8, 4) is 5.69 Å². The highest BCUT2D eigenvalue weighted by atomic mass is 19.1. The lowest BCUT2D eigenvalue weighted by Crippen LogP contribution is -2.47. The summed E-state index contributed by atoms with van der Waals surface area (Å²) in [6, 6.07) is 5.85. The molecule has 0 spiro atoms. The molecule has 0 bridgehead atoms. The van der Waals surface area contributed by atoms with Crippen LogP contribution in [-0.4, -0.2) is 51.6 Å². The lowest BCUT2D eigenvalue weighted by Gasteiger charge is -2.32. The molecule has 0 aliphatic carbocycles. The highest BCUT2D eigenvalue weighted by Gasteiger charge is 2.26. The van der Waals surface area contributed by atoms with Gasteiger partial charge in [0.1, 0.15) is 5.82 Å². The van der Waals surface area contributed by atoms with Gasteiger partial charge in [-0.05, 0) is 31.2 Å². The predicted molar refractivity (Wildman–Crippen MR) is 72.6 cm³/mol. The molecule has 1 aromatic carbocycles. The largest absolute Gasteiger partial charge is 0.377 e. The molecule has 0 saturated carbocycles. The Morgan fingerprint density at radius 1 is 1.38 bits per heavy atom. The summed E-state index contributed by atoms with van der Waals surface area (Å²) < 4.78 is 19.7. The van der Waals surface area contributed by atoms with Crippen LogP contribution < -0.4 is 0 Å². The van der Waals surface area contributed by atoms with Crippen molar-refractivity contribution in [2.45, 2.75) is 13.0 Å². The van der Waals surface area contributed by atoms with E-state index in [-0.39, 0.29) is 23.5 Å². The van der Waals surface area contributed by atoms with Crippen LogP contribution in [0.2, 0.25) is 0 Å². The maximum Gasteiger partial charge on any atom is 0.276 e. The number of amides is 1. The van der Waals surface area contributed by atoms with Gasteiger partial charge in [0.2, 0.25) is 0 Å². The molecule has 0 N–H and O–H groups in total. The molecule has 21 heavy (non-hydrogen) atoms. The zero-order valence-corrected chi connectivity index (χ0v) is 11.6. The Hall–Kier alpha value is -2.28. The topological polar surface area (TPSA) is 60.2 Å². The summed E-state index contributed by atoms with van der Waals surface area (Å²) in [5.74, 6) is -0.489. The number of hydrogen-bond acceptors (Lipinski definition) is 4. The van der Waals surface area contributed by atoms with E-state index in [0.29, 0.717) is 25.4 Å². The van der Waals surface area contributed by atoms with E-state index in [9.17, 15) is 9.18 Å². The molecule has 1 amide bonds. The zero-order valence-electron chi connectivity index (χ0n) is 11.6. The molecular weight excluding hydrogens is 275 g/mol. The van der Waals surface area contributed by atoms with E-state index in [1.165, 1.54) is 16.8 Å². The van der Waals surface area contributed by atoms with Gasteiger partial charge in [0.25, 0.3) is 5.91 Å². The van der Waals surface area contributed by atoms with Gasteiger partial charge in [0, 0.05) is 6.54 Å². The SMILES string of the molecule is C[C@@H]1COCCN1C(=O)c1cn(-c2ccc(F)cc2)nn1. The van der Waals surface area contributed by atoms with Crippen LogP contribution >= 0.6 is 0 Å². The van der Waals surface area contributed by atoms with E-state index in [4.69, 9.17) is 4.74 Å². The van der Waals surface area contributed by atoms with Gasteiger partial charge < -0.3 is 9.64 Å². The molecule has 2 aromatic rings. The molecule has 1 fully saturated rings. The highest BCUT2D eigenvalue weighted by Crippen LogP contribution is 2.12. The second-order valence-corrected chi connectivity index (χ2v) is 4.95. The Balaban J connectivity index is 1.81. The molecule has 0 unspecified atom stereocenters. The molecule has 3 rings (SSSR count). The molecule has 2 heterocycles. The first-order valence-electron chi connectivity index (χ1n) is 6.72. The summed E-state index contributed by atoms with van der Waals surface area (Å²) in [6.07, 6.45) is 1.55. The van der Waals surface area contributed by atoms with E-state index < -0.39 is 0 Å². The van der Waals surface area contributed by atoms with Crippen LogP contribution in [0.3, 0.4) is 0 Å². The number of benzene rings is 1. The fourth-order valence-electron chi connectivity index (χ4n) is 2.26. The molecule has 110 valence electrons. The Morgan fingerprint density at radius 2 is 2.14 bits per heavy atom. The number of carbonyl (C=O) groups is 1. The van der Waals surface area contributed by atoms with Crippen molar-refractivity contribution in [3.05, 3.63) is 42.0 Å². The smallest absolute Gasteiger partial charge is 0.276 e. The second kappa shape index (κ2) is 5.61. The summed E-state index contributed by atoms with van der Waals surface area (Å²) >= 11 is 0. The van der Waals surface area contributed by atoms with Crippen LogP contribution in [0.1, 0.15) is 17.4 Å². The standard InChI is InChI=1S/C14H15FN4O2/c1-10-9-21-7-6-18(10)14(20)13-8-19(17-16-13)12-4-2-11(15)3-5-12/h2-5,8,10H,6-7,9H2,1H3/t10-/m1/s1. The Labute approximate surface area is 121 Å². The Bertz CT molecular complexity index is 641. The number of aromatic nitrogens is 3. The minimum atomic E-state index is -0.322. The minimum absolute atomic E-state index is 0.0159. The first-order valence-corrected chi connectivity index (χ1v) is 6.72. The van der Waals surface area contributed by atoms with Crippen molar-refractivity contribution >= 4 is 5.91 Å². The molecule has 1 aliphatic heterocycles. The first kappa shape index (κ1) is 13.7. The average Bonchev–Trinajstić information content (AvgIpc) is 2.98. The maximum atomic E-state index is 12.9. The number of rotatable bonds is 2. The predicted octanol–water partition coefficient (Wildman–Crippen LogP) is 1.27. The van der Waals surface area contributed by atoms with E-state index in [1.54, 1.807) is 23.2 Å². The summed E-state index contributed by atoms with van der Waals surface area (Å²) in [6.45, 7) is 3.53. The molecule has 1 saturated heterocycles. The lowest BCUT2D eigenvalue weighted by atomic mass is 10.2.